The van der Waals surface area contributed by atoms with E-state index >= 15 is 0 Å². The number of nitrogens with zero attached hydrogens (tertiary/aromatic N) is 4. The second-order valence-corrected chi connectivity index (χ2v) is 11.1. The molecule has 3 heterocycles. The largest absolute Gasteiger partial charge is 0.491 e. The van der Waals surface area contributed by atoms with Gasteiger partial charge in [0.15, 0.2) is 0 Å². The lowest BCUT2D eigenvalue weighted by Gasteiger charge is -2.29. The van der Waals surface area contributed by atoms with Gasteiger partial charge < -0.3 is 14.7 Å². The predicted molar refractivity (Wildman–Crippen MR) is 150 cm³/mol. The van der Waals surface area contributed by atoms with Crippen molar-refractivity contribution in [2.75, 3.05) is 20.7 Å². The van der Waals surface area contributed by atoms with Crippen molar-refractivity contribution in [3.05, 3.63) is 73.4 Å². The number of thiophene rings is 1. The van der Waals surface area contributed by atoms with Crippen molar-refractivity contribution >= 4 is 39.1 Å². The van der Waals surface area contributed by atoms with Gasteiger partial charge in [-0.2, -0.15) is 0 Å². The van der Waals surface area contributed by atoms with Gasteiger partial charge in [0.25, 0.3) is 5.56 Å². The Kier molecular flexibility index (Phi) is 7.26. The number of pyridine rings is 1. The summed E-state index contributed by atoms with van der Waals surface area (Å²) in [5.74, 6) is 0.262. The van der Waals surface area contributed by atoms with Gasteiger partial charge in [0.1, 0.15) is 18.2 Å². The molecule has 0 saturated carbocycles. The maximum Gasteiger partial charge on any atom is 0.338 e. The van der Waals surface area contributed by atoms with Gasteiger partial charge in [-0.15, -0.1) is 11.3 Å². The molecule has 0 fully saturated rings. The SMILES string of the molecule is Cc1cc(-c2cc(Cl)ccc2OCCn2c(C)nc3c(c2=O)CC(N(C)C)CC3)c2scc(C(=O)O)c2n1. The number of benzene rings is 1. The Bertz CT molecular complexity index is 1610. The summed E-state index contributed by atoms with van der Waals surface area (Å²) >= 11 is 7.69. The van der Waals surface area contributed by atoms with Gasteiger partial charge in [-0.1, -0.05) is 11.6 Å². The molecule has 10 heteroatoms. The fraction of sp³-hybridized carbons (Fsp3) is 0.357. The molecule has 5 rings (SSSR count). The second kappa shape index (κ2) is 10.5. The number of hydrogen-bond donors (Lipinski definition) is 1. The lowest BCUT2D eigenvalue weighted by molar-refractivity contribution is 0.0699. The molecule has 0 bridgehead atoms. The smallest absolute Gasteiger partial charge is 0.338 e. The van der Waals surface area contributed by atoms with E-state index in [0.717, 1.165) is 39.9 Å². The Morgan fingerprint density at radius 1 is 1.24 bits per heavy atom. The van der Waals surface area contributed by atoms with Gasteiger partial charge in [-0.3, -0.25) is 14.3 Å². The van der Waals surface area contributed by atoms with Gasteiger partial charge >= 0.3 is 5.97 Å². The first-order valence-electron chi connectivity index (χ1n) is 12.4. The Morgan fingerprint density at radius 2 is 2.03 bits per heavy atom. The van der Waals surface area contributed by atoms with Gasteiger partial charge in [-0.25, -0.2) is 9.78 Å². The maximum absolute atomic E-state index is 13.4. The van der Waals surface area contributed by atoms with Crippen LogP contribution in [0.4, 0.5) is 0 Å². The highest BCUT2D eigenvalue weighted by Crippen LogP contribution is 2.40. The highest BCUT2D eigenvalue weighted by molar-refractivity contribution is 7.18. The average molecular weight is 553 g/mol. The summed E-state index contributed by atoms with van der Waals surface area (Å²) in [5, 5.41) is 11.7. The monoisotopic (exact) mass is 552 g/mol. The first-order valence-corrected chi connectivity index (χ1v) is 13.7. The molecule has 1 aromatic carbocycles. The van der Waals surface area contributed by atoms with E-state index in [0.29, 0.717) is 46.8 Å². The third kappa shape index (κ3) is 4.93. The number of halogens is 1. The van der Waals surface area contributed by atoms with Crippen molar-refractivity contribution in [3.63, 3.8) is 0 Å². The molecule has 0 aliphatic heterocycles. The Morgan fingerprint density at radius 3 is 2.76 bits per heavy atom. The number of carbonyl (C=O) groups is 1. The molecule has 0 radical (unpaired) electrons. The number of rotatable bonds is 7. The molecule has 8 nitrogen and oxygen atoms in total. The van der Waals surface area contributed by atoms with Crippen LogP contribution in [0, 0.1) is 13.8 Å². The molecule has 1 atom stereocenters. The number of carboxylic acid groups (broad SMARTS) is 1. The topological polar surface area (TPSA) is 97.6 Å². The number of carboxylic acids is 1. The molecular weight excluding hydrogens is 524 g/mol. The van der Waals surface area contributed by atoms with Crippen LogP contribution in [0.15, 0.2) is 34.4 Å². The number of aromatic nitrogens is 3. The zero-order valence-electron chi connectivity index (χ0n) is 21.7. The van der Waals surface area contributed by atoms with Crippen molar-refractivity contribution < 1.29 is 14.6 Å². The number of fused-ring (bicyclic) bond motifs is 2. The van der Waals surface area contributed by atoms with E-state index in [2.05, 4.69) is 9.88 Å². The maximum atomic E-state index is 13.4. The molecule has 1 unspecified atom stereocenters. The fourth-order valence-electron chi connectivity index (χ4n) is 5.09. The van der Waals surface area contributed by atoms with Crippen LogP contribution >= 0.6 is 22.9 Å². The third-order valence-corrected chi connectivity index (χ3v) is 8.35. The van der Waals surface area contributed by atoms with E-state index in [-0.39, 0.29) is 17.7 Å². The summed E-state index contributed by atoms with van der Waals surface area (Å²) in [4.78, 5) is 36.5. The number of hydrogen-bond acceptors (Lipinski definition) is 7. The van der Waals surface area contributed by atoms with Gasteiger partial charge in [0.05, 0.1) is 28.0 Å². The molecule has 0 amide bonds. The van der Waals surface area contributed by atoms with Crippen molar-refractivity contribution in [1.82, 2.24) is 19.4 Å². The van der Waals surface area contributed by atoms with Crippen molar-refractivity contribution in [3.8, 4) is 16.9 Å². The number of ether oxygens (including phenoxy) is 1. The van der Waals surface area contributed by atoms with Gasteiger partial charge in [0, 0.05) is 38.8 Å². The minimum atomic E-state index is -1.01. The third-order valence-electron chi connectivity index (χ3n) is 7.11. The van der Waals surface area contributed by atoms with E-state index < -0.39 is 5.97 Å². The molecule has 198 valence electrons. The van der Waals surface area contributed by atoms with Crippen LogP contribution in [0.2, 0.25) is 5.02 Å². The lowest BCUT2D eigenvalue weighted by atomic mass is 9.92. The Labute approximate surface area is 229 Å². The van der Waals surface area contributed by atoms with E-state index in [1.54, 1.807) is 22.1 Å². The van der Waals surface area contributed by atoms with Crippen molar-refractivity contribution in [2.45, 2.75) is 45.7 Å². The second-order valence-electron chi connectivity index (χ2n) is 9.83. The van der Waals surface area contributed by atoms with E-state index in [1.807, 2.05) is 40.1 Å². The summed E-state index contributed by atoms with van der Waals surface area (Å²) in [6.45, 7) is 4.30. The minimum Gasteiger partial charge on any atom is -0.491 e. The first-order chi connectivity index (χ1) is 18.1. The van der Waals surface area contributed by atoms with Crippen molar-refractivity contribution in [2.24, 2.45) is 0 Å². The molecule has 38 heavy (non-hydrogen) atoms. The van der Waals surface area contributed by atoms with Gasteiger partial charge in [0.2, 0.25) is 0 Å². The highest BCUT2D eigenvalue weighted by Gasteiger charge is 2.25. The van der Waals surface area contributed by atoms with E-state index in [4.69, 9.17) is 21.3 Å². The Balaban J connectivity index is 1.45. The van der Waals surface area contributed by atoms with E-state index in [9.17, 15) is 14.7 Å². The number of aromatic carboxylic acids is 1. The summed E-state index contributed by atoms with van der Waals surface area (Å²) in [5.41, 5.74) is 4.58. The predicted octanol–water partition coefficient (Wildman–Crippen LogP) is 4.99. The van der Waals surface area contributed by atoms with Crippen LogP contribution in [-0.4, -0.2) is 57.3 Å². The van der Waals surface area contributed by atoms with Crippen LogP contribution in [0.1, 0.15) is 39.6 Å². The van der Waals surface area contributed by atoms with Crippen LogP contribution in [0.3, 0.4) is 0 Å². The minimum absolute atomic E-state index is 0.00484. The molecule has 1 aliphatic rings. The Hall–Kier alpha value is -3.27. The normalized spacial score (nSPS) is 15.2. The lowest BCUT2D eigenvalue weighted by Crippen LogP contribution is -2.39. The summed E-state index contributed by atoms with van der Waals surface area (Å²) < 4.78 is 8.67. The zero-order valence-corrected chi connectivity index (χ0v) is 23.3. The van der Waals surface area contributed by atoms with Crippen molar-refractivity contribution in [1.29, 1.82) is 0 Å². The quantitative estimate of drug-likeness (QED) is 0.345. The number of likely N-dealkylation sites (N-methyl/N-ethyl adjacent to an activating group) is 1. The molecule has 0 spiro atoms. The molecular formula is C28H29ClN4O4S. The number of aryl methyl sites for hydroxylation is 3. The fourth-order valence-corrected chi connectivity index (χ4v) is 6.27. The summed E-state index contributed by atoms with van der Waals surface area (Å²) in [7, 11) is 4.09. The first kappa shape index (κ1) is 26.3. The highest BCUT2D eigenvalue weighted by atomic mass is 35.5. The average Bonchev–Trinajstić information content (AvgIpc) is 3.30. The zero-order chi connectivity index (χ0) is 27.1. The molecule has 1 N–H and O–H groups in total. The van der Waals surface area contributed by atoms with Crippen LogP contribution in [0.5, 0.6) is 5.75 Å². The summed E-state index contributed by atoms with van der Waals surface area (Å²) in [6.07, 6.45) is 2.51. The van der Waals surface area contributed by atoms with E-state index in [1.165, 1.54) is 11.3 Å². The molecule has 0 saturated heterocycles. The molecule has 4 aromatic rings. The van der Waals surface area contributed by atoms with Crippen LogP contribution in [0.25, 0.3) is 21.3 Å². The van der Waals surface area contributed by atoms with Gasteiger partial charge in [-0.05, 0) is 71.5 Å². The standard InChI is InChI=1S/C28H29ClN4O4S/c1-15-11-20(26-25(30-15)22(14-38-26)28(35)36)19-12-17(29)5-8-24(19)37-10-9-33-16(2)31-23-7-6-18(32(3)4)13-21(23)27(33)34/h5,8,11-12,14,18H,6-7,9-10,13H2,1-4H3,(H,35,36). The van der Waals surface area contributed by atoms with Crippen LogP contribution in [-0.2, 0) is 19.4 Å². The molecule has 3 aromatic heterocycles. The summed E-state index contributed by atoms with van der Waals surface area (Å²) in [6, 6.07) is 7.60. The molecule has 1 aliphatic carbocycles. The van der Waals surface area contributed by atoms with Crippen LogP contribution < -0.4 is 10.3 Å².